The van der Waals surface area contributed by atoms with E-state index in [-0.39, 0.29) is 68.1 Å². The first-order valence-electron chi connectivity index (χ1n) is 40.2. The minimum absolute atomic E-state index is 0.00495. The fourth-order valence-corrected chi connectivity index (χ4v) is 15.3. The minimum Gasteiger partial charge on any atom is -0.756 e. The van der Waals surface area contributed by atoms with E-state index in [9.17, 15) is 85.8 Å². The number of phosphoric acid groups is 1. The number of quaternary nitrogens is 1. The number of rotatable bonds is 49. The first-order chi connectivity index (χ1) is 57.1. The Kier molecular flexibility index (Phi) is 39.8. The number of methoxy groups -OCH3 is 2. The van der Waals surface area contributed by atoms with Crippen LogP contribution in [0, 0.1) is 39.7 Å². The molecule has 0 aliphatic carbocycles. The second-order valence-electron chi connectivity index (χ2n) is 32.4. The number of carbonyl (C=O) groups is 11. The zero-order valence-corrected chi connectivity index (χ0v) is 74.4. The number of ether oxygens (including phenoxy) is 3. The average Bonchev–Trinajstić information content (AvgIpc) is 1.06. The first kappa shape index (κ1) is 102. The van der Waals surface area contributed by atoms with Crippen LogP contribution in [0.4, 0.5) is 21.0 Å². The number of carbonyl (C=O) groups excluding carboxylic acids is 11. The Morgan fingerprint density at radius 2 is 1.44 bits per heavy atom. The van der Waals surface area contributed by atoms with E-state index in [0.717, 1.165) is 20.7 Å². The molecule has 1 saturated heterocycles. The van der Waals surface area contributed by atoms with Gasteiger partial charge in [-0.15, -0.1) is 5.10 Å². The fourth-order valence-electron chi connectivity index (χ4n) is 13.9. The number of nitrogens with one attached hydrogen (secondary N) is 7. The van der Waals surface area contributed by atoms with E-state index in [0.29, 0.717) is 60.3 Å². The molecule has 3 heterocycles. The van der Waals surface area contributed by atoms with Crippen molar-refractivity contribution in [1.82, 2.24) is 71.5 Å². The molecular weight excluding hydrogens is 1630 g/mol. The Morgan fingerprint density at radius 3 is 2.02 bits per heavy atom. The first-order valence-corrected chi connectivity index (χ1v) is 43.6. The number of anilines is 1. The van der Waals surface area contributed by atoms with Crippen LogP contribution in [-0.2, 0) is 95.7 Å². The summed E-state index contributed by atoms with van der Waals surface area (Å²) in [6.07, 6.45) is 1.01. The van der Waals surface area contributed by atoms with Gasteiger partial charge >= 0.3 is 17.8 Å². The maximum atomic E-state index is 14.9. The SMILES string of the molecule is CC[C@H](C)[C@@H]([C@@H](CC(=O)N1CCC[C@H]1[C@H](OC)[C@@H](C)C(=O)N[C@H](C)[C@@H](O)c1ccccc1)OC)N(C)C(=O)[C@@H](NC(=O)[C@H](C(C)C)N(C)C(=O)OCc1ccc(NC(=O)[C@H](CCCNC(N)=O)NC(=O)[C@@H](NC(=O)Cn2cc(CN(CC(=O)NCCOP(=O)([O-])OCC[N+](C)(C)C)C(=O)c3cnc(S(C)(=O)=O)c([N+](=O)[O-])c3)nn2)C(C)C)cc1)C(C)C. The summed E-state index contributed by atoms with van der Waals surface area (Å²) in [4.78, 5) is 185. The van der Waals surface area contributed by atoms with E-state index in [1.807, 2.05) is 41.1 Å². The number of pyridine rings is 1. The van der Waals surface area contributed by atoms with Gasteiger partial charge in [-0.2, -0.15) is 0 Å². The second-order valence-corrected chi connectivity index (χ2v) is 35.8. The van der Waals surface area contributed by atoms with Crippen LogP contribution >= 0.6 is 7.82 Å². The highest BCUT2D eigenvalue weighted by atomic mass is 32.2. The van der Waals surface area contributed by atoms with Crippen molar-refractivity contribution >= 4 is 94.3 Å². The Bertz CT molecular complexity index is 4390. The number of aromatic nitrogens is 4. The summed E-state index contributed by atoms with van der Waals surface area (Å²) in [6, 6.07) is 8.30. The van der Waals surface area contributed by atoms with Crippen LogP contribution in [0.15, 0.2) is 78.1 Å². The molecule has 12 amide bonds. The number of aliphatic hydroxyl groups excluding tert-OH is 1. The molecule has 1 aliphatic heterocycles. The van der Waals surface area contributed by atoms with Crippen molar-refractivity contribution in [2.24, 2.45) is 35.3 Å². The number of sulfone groups is 1. The molecule has 122 heavy (non-hydrogen) atoms. The number of aliphatic hydroxyl groups is 1. The molecule has 10 N–H and O–H groups in total. The molecule has 678 valence electrons. The van der Waals surface area contributed by atoms with E-state index in [1.165, 1.54) is 44.5 Å². The third-order valence-electron chi connectivity index (χ3n) is 20.7. The molecule has 5 rings (SSSR count). The molecule has 13 atom stereocenters. The lowest BCUT2D eigenvalue weighted by Crippen LogP contribution is -2.60. The fraction of sp³-hybridized carbons (Fsp3) is 0.620. The van der Waals surface area contributed by atoms with E-state index in [2.05, 4.69) is 52.5 Å². The van der Waals surface area contributed by atoms with E-state index in [1.54, 1.807) is 104 Å². The molecule has 0 saturated carbocycles. The van der Waals surface area contributed by atoms with Crippen LogP contribution in [0.1, 0.15) is 141 Å². The zero-order valence-electron chi connectivity index (χ0n) is 72.7. The smallest absolute Gasteiger partial charge is 0.410 e. The Labute approximate surface area is 711 Å². The molecule has 2 aromatic heterocycles. The van der Waals surface area contributed by atoms with Crippen molar-refractivity contribution in [2.45, 2.75) is 193 Å². The predicted octanol–water partition coefficient (Wildman–Crippen LogP) is 2.56. The van der Waals surface area contributed by atoms with Gasteiger partial charge in [-0.05, 0) is 79.5 Å². The molecule has 2 aromatic carbocycles. The van der Waals surface area contributed by atoms with Crippen molar-refractivity contribution in [2.75, 3.05) is 107 Å². The van der Waals surface area contributed by atoms with Gasteiger partial charge < -0.3 is 95.4 Å². The van der Waals surface area contributed by atoms with Gasteiger partial charge in [0.05, 0.1) is 99.8 Å². The molecule has 0 radical (unpaired) electrons. The summed E-state index contributed by atoms with van der Waals surface area (Å²) >= 11 is 0. The zero-order chi connectivity index (χ0) is 91.4. The van der Waals surface area contributed by atoms with Gasteiger partial charge in [0.1, 0.15) is 62.7 Å². The maximum Gasteiger partial charge on any atom is 0.410 e. The summed E-state index contributed by atoms with van der Waals surface area (Å²) in [5.74, 6) is -8.55. The number of nitrogens with zero attached hydrogens (tertiary/aromatic N) is 10. The van der Waals surface area contributed by atoms with Crippen molar-refractivity contribution in [3.63, 3.8) is 0 Å². The molecule has 43 heteroatoms. The number of benzene rings is 2. The normalized spacial score (nSPS) is 16.2. The number of nitrogens with two attached hydrogens (primary N) is 1. The number of hydrogen-bond donors (Lipinski definition) is 9. The van der Waals surface area contributed by atoms with Gasteiger partial charge in [0.2, 0.25) is 52.3 Å². The van der Waals surface area contributed by atoms with Gasteiger partial charge in [0, 0.05) is 72.2 Å². The summed E-state index contributed by atoms with van der Waals surface area (Å²) in [5.41, 5.74) is 4.99. The quantitative estimate of drug-likeness (QED) is 0.0101. The summed E-state index contributed by atoms with van der Waals surface area (Å²) in [7, 11) is 2.36. The number of likely N-dealkylation sites (tertiary alicyclic amines) is 1. The summed E-state index contributed by atoms with van der Waals surface area (Å²) in [6.45, 7) is 14.8. The summed E-state index contributed by atoms with van der Waals surface area (Å²) in [5, 5.41) is 48.7. The Morgan fingerprint density at radius 1 is 0.795 bits per heavy atom. The molecule has 0 spiro atoms. The van der Waals surface area contributed by atoms with Crippen LogP contribution < -0.4 is 47.8 Å². The van der Waals surface area contributed by atoms with E-state index in [4.69, 9.17) is 29.0 Å². The average molecular weight is 1760 g/mol. The number of likely N-dealkylation sites (N-methyl/N-ethyl adjacent to an activating group) is 3. The highest BCUT2D eigenvalue weighted by Crippen LogP contribution is 2.38. The molecule has 1 aliphatic rings. The topological polar surface area (TPSA) is 538 Å². The molecule has 4 aromatic rings. The third-order valence-corrected chi connectivity index (χ3v) is 22.7. The summed E-state index contributed by atoms with van der Waals surface area (Å²) < 4.78 is 65.9. The van der Waals surface area contributed by atoms with Gasteiger partial charge in [-0.25, -0.2) is 27.7 Å². The van der Waals surface area contributed by atoms with Crippen molar-refractivity contribution in [1.29, 1.82) is 0 Å². The molecule has 1 fully saturated rings. The second kappa shape index (κ2) is 47.4. The predicted molar refractivity (Wildman–Crippen MR) is 443 cm³/mol. The molecule has 1 unspecified atom stereocenters. The molecular formula is C79H123N18O23PS. The Hall–Kier alpha value is -10.2. The number of amides is 12. The maximum absolute atomic E-state index is 14.9. The van der Waals surface area contributed by atoms with Gasteiger partial charge in [0.15, 0.2) is 9.84 Å². The third kappa shape index (κ3) is 31.3. The minimum atomic E-state index is -4.79. The Balaban J connectivity index is 1.22. The number of hydrogen-bond acceptors (Lipinski definition) is 26. The van der Waals surface area contributed by atoms with E-state index >= 15 is 0 Å². The lowest BCUT2D eigenvalue weighted by molar-refractivity contribution is -0.870. The van der Waals surface area contributed by atoms with Crippen LogP contribution in [0.3, 0.4) is 0 Å². The van der Waals surface area contributed by atoms with Crippen molar-refractivity contribution < 1.29 is 108 Å². The van der Waals surface area contributed by atoms with Gasteiger partial charge in [-0.3, -0.25) is 62.7 Å². The van der Waals surface area contributed by atoms with Crippen LogP contribution in [0.5, 0.6) is 0 Å². The van der Waals surface area contributed by atoms with Crippen LogP contribution in [0.25, 0.3) is 0 Å². The largest absolute Gasteiger partial charge is 0.756 e. The van der Waals surface area contributed by atoms with Gasteiger partial charge in [-0.1, -0.05) is 116 Å². The molecule has 0 bridgehead atoms. The number of primary amides is 1. The highest BCUT2D eigenvalue weighted by Gasteiger charge is 2.45. The number of urea groups is 1. The van der Waals surface area contributed by atoms with Crippen molar-refractivity contribution in [3.05, 3.63) is 106 Å². The van der Waals surface area contributed by atoms with Crippen LogP contribution in [0.2, 0.25) is 0 Å². The number of nitro groups is 1. The standard InChI is InChI=1S/C79H123N18O23PS/c1-19-50(8)68(61(116-16)40-64(100)95-35-24-28-59(95)70(117-17)51(9)71(102)84-52(10)69(101)54-25-21-20-22-26-54)91(11)77(107)66(48(4)5)88-74(105)67(49(6)7)92(12)79(109)118-46-53-29-31-56(32-30-53)85-72(103)58(27-23-33-82-78(80)108)86-73(104)65(47(2)3)87-63(99)45-94-43-57(89-90-94)42-93(76(106)55-39-60(96(110)111)75(83-41-55)122(18,114)115)44-62(98)81-34-37-119-121(112,113)120-38-36-97(13,14)15/h20-22,25-26,29-32,39,41,43,47-52,58-59,61,65-70,101H,19,23-24,27-28,33-38,40,42,44-46H2,1-18H3,(H9-,80,81,82,84,85,86,87,88,98,99,102,103,104,105,108,112,113)/t50-,51+,52+,58-,59-,61+,65-,66-,67-,68-,69+,70+/m0/s1. The monoisotopic (exact) mass is 1750 g/mol. The lowest BCUT2D eigenvalue weighted by atomic mass is 9.89. The highest BCUT2D eigenvalue weighted by molar-refractivity contribution is 7.90. The van der Waals surface area contributed by atoms with Crippen LogP contribution in [-0.4, -0.2) is 284 Å². The van der Waals surface area contributed by atoms with Gasteiger partial charge in [0.25, 0.3) is 13.7 Å². The number of phosphoric ester groups is 1. The van der Waals surface area contributed by atoms with E-state index < -0.39 is 209 Å². The lowest BCUT2D eigenvalue weighted by Gasteiger charge is -2.41. The van der Waals surface area contributed by atoms with Crippen molar-refractivity contribution in [3.8, 4) is 0 Å². The molecule has 41 nitrogen and oxygen atoms in total.